The van der Waals surface area contributed by atoms with Gasteiger partial charge in [-0.1, -0.05) is 17.7 Å². The van der Waals surface area contributed by atoms with Crippen LogP contribution >= 0.6 is 11.6 Å². The van der Waals surface area contributed by atoms with Crippen molar-refractivity contribution >= 4 is 23.0 Å². The smallest absolute Gasteiger partial charge is 0.126 e. The first kappa shape index (κ1) is 12.7. The first-order valence-electron chi connectivity index (χ1n) is 5.60. The number of nitrogen functional groups attached to an aromatic ring is 1. The van der Waals surface area contributed by atoms with Crippen molar-refractivity contribution in [3.05, 3.63) is 58.4 Å². The molecule has 0 saturated carbocycles. The zero-order valence-corrected chi connectivity index (χ0v) is 10.8. The van der Waals surface area contributed by atoms with Crippen molar-refractivity contribution in [2.24, 2.45) is 0 Å². The summed E-state index contributed by atoms with van der Waals surface area (Å²) < 4.78 is 13.4. The van der Waals surface area contributed by atoms with Gasteiger partial charge < -0.3 is 11.1 Å². The molecule has 0 aliphatic carbocycles. The minimum Gasteiger partial charge on any atom is -0.399 e. The summed E-state index contributed by atoms with van der Waals surface area (Å²) >= 11 is 6.07. The number of hydrogen-bond donors (Lipinski definition) is 2. The number of nitrogens with one attached hydrogen (secondary N) is 1. The molecule has 4 heteroatoms. The Hall–Kier alpha value is -1.74. The molecular formula is C14H14ClFN2. The third-order valence-corrected chi connectivity index (χ3v) is 3.05. The summed E-state index contributed by atoms with van der Waals surface area (Å²) in [5.41, 5.74) is 8.51. The molecule has 0 saturated heterocycles. The van der Waals surface area contributed by atoms with Gasteiger partial charge in [-0.05, 0) is 48.4 Å². The maximum Gasteiger partial charge on any atom is 0.126 e. The van der Waals surface area contributed by atoms with Crippen molar-refractivity contribution in [1.29, 1.82) is 0 Å². The summed E-state index contributed by atoms with van der Waals surface area (Å²) in [4.78, 5) is 0. The van der Waals surface area contributed by atoms with E-state index in [0.29, 0.717) is 22.8 Å². The van der Waals surface area contributed by atoms with Gasteiger partial charge in [0.1, 0.15) is 5.82 Å². The van der Waals surface area contributed by atoms with Crippen molar-refractivity contribution in [3.63, 3.8) is 0 Å². The Balaban J connectivity index is 2.13. The van der Waals surface area contributed by atoms with Gasteiger partial charge in [-0.3, -0.25) is 0 Å². The lowest BCUT2D eigenvalue weighted by Gasteiger charge is -2.10. The number of rotatable bonds is 3. The molecule has 0 fully saturated rings. The second kappa shape index (κ2) is 5.27. The summed E-state index contributed by atoms with van der Waals surface area (Å²) in [6, 6.07) is 10.5. The number of hydrogen-bond acceptors (Lipinski definition) is 2. The molecule has 0 spiro atoms. The van der Waals surface area contributed by atoms with E-state index in [-0.39, 0.29) is 5.82 Å². The van der Waals surface area contributed by atoms with Crippen molar-refractivity contribution in [2.75, 3.05) is 11.1 Å². The molecule has 0 amide bonds. The van der Waals surface area contributed by atoms with Crippen LogP contribution in [0, 0.1) is 12.7 Å². The van der Waals surface area contributed by atoms with E-state index in [1.54, 1.807) is 13.0 Å². The lowest BCUT2D eigenvalue weighted by Crippen LogP contribution is -2.01. The summed E-state index contributed by atoms with van der Waals surface area (Å²) in [6.45, 7) is 2.15. The third-order valence-electron chi connectivity index (χ3n) is 2.70. The normalized spacial score (nSPS) is 10.4. The fraction of sp³-hybridized carbons (Fsp3) is 0.143. The van der Waals surface area contributed by atoms with E-state index in [1.165, 1.54) is 6.07 Å². The van der Waals surface area contributed by atoms with Gasteiger partial charge in [0, 0.05) is 22.9 Å². The van der Waals surface area contributed by atoms with Gasteiger partial charge >= 0.3 is 0 Å². The van der Waals surface area contributed by atoms with E-state index in [0.717, 1.165) is 11.3 Å². The predicted octanol–water partition coefficient (Wildman–Crippen LogP) is 3.98. The van der Waals surface area contributed by atoms with E-state index in [4.69, 9.17) is 17.3 Å². The highest BCUT2D eigenvalue weighted by Gasteiger charge is 2.05. The largest absolute Gasteiger partial charge is 0.399 e. The molecule has 0 bridgehead atoms. The average molecular weight is 265 g/mol. The Morgan fingerprint density at radius 1 is 1.28 bits per heavy atom. The predicted molar refractivity (Wildman–Crippen MR) is 74.3 cm³/mol. The van der Waals surface area contributed by atoms with Gasteiger partial charge in [0.05, 0.1) is 0 Å². The highest BCUT2D eigenvalue weighted by molar-refractivity contribution is 6.31. The maximum absolute atomic E-state index is 13.4. The van der Waals surface area contributed by atoms with Crippen LogP contribution in [0.3, 0.4) is 0 Å². The number of halogens is 2. The van der Waals surface area contributed by atoms with E-state index >= 15 is 0 Å². The zero-order chi connectivity index (χ0) is 13.1. The molecule has 0 unspecified atom stereocenters. The van der Waals surface area contributed by atoms with Crippen LogP contribution in [0.25, 0.3) is 0 Å². The quantitative estimate of drug-likeness (QED) is 0.823. The van der Waals surface area contributed by atoms with Crippen LogP contribution in [-0.4, -0.2) is 0 Å². The average Bonchev–Trinajstić information content (AvgIpc) is 2.32. The fourth-order valence-corrected chi connectivity index (χ4v) is 1.95. The molecule has 2 nitrogen and oxygen atoms in total. The fourth-order valence-electron chi connectivity index (χ4n) is 1.67. The van der Waals surface area contributed by atoms with Crippen molar-refractivity contribution in [3.8, 4) is 0 Å². The topological polar surface area (TPSA) is 38.0 Å². The van der Waals surface area contributed by atoms with E-state index in [9.17, 15) is 4.39 Å². The van der Waals surface area contributed by atoms with Gasteiger partial charge in [0.15, 0.2) is 0 Å². The van der Waals surface area contributed by atoms with E-state index < -0.39 is 0 Å². The molecule has 94 valence electrons. The Morgan fingerprint density at radius 3 is 2.78 bits per heavy atom. The molecule has 2 rings (SSSR count). The van der Waals surface area contributed by atoms with Crippen LogP contribution < -0.4 is 11.1 Å². The molecule has 2 aromatic carbocycles. The highest BCUT2D eigenvalue weighted by atomic mass is 35.5. The van der Waals surface area contributed by atoms with E-state index in [1.807, 2.05) is 24.3 Å². The maximum atomic E-state index is 13.4. The Bertz CT molecular complexity index is 570. The molecule has 0 aromatic heterocycles. The monoisotopic (exact) mass is 264 g/mol. The molecule has 18 heavy (non-hydrogen) atoms. The highest BCUT2D eigenvalue weighted by Crippen LogP contribution is 2.22. The van der Waals surface area contributed by atoms with Crippen LogP contribution in [0.5, 0.6) is 0 Å². The number of anilines is 2. The van der Waals surface area contributed by atoms with E-state index in [2.05, 4.69) is 5.32 Å². The third kappa shape index (κ3) is 2.93. The van der Waals surface area contributed by atoms with Crippen molar-refractivity contribution < 1.29 is 4.39 Å². The number of nitrogens with two attached hydrogens (primary N) is 1. The Morgan fingerprint density at radius 2 is 2.06 bits per heavy atom. The van der Waals surface area contributed by atoms with Crippen LogP contribution in [0.2, 0.25) is 5.02 Å². The van der Waals surface area contributed by atoms with Gasteiger partial charge in [0.25, 0.3) is 0 Å². The van der Waals surface area contributed by atoms with Gasteiger partial charge in [0.2, 0.25) is 0 Å². The lowest BCUT2D eigenvalue weighted by molar-refractivity contribution is 0.616. The van der Waals surface area contributed by atoms with Crippen LogP contribution in [-0.2, 0) is 6.54 Å². The Kier molecular flexibility index (Phi) is 3.72. The zero-order valence-electron chi connectivity index (χ0n) is 10.0. The molecule has 0 atom stereocenters. The first-order valence-corrected chi connectivity index (χ1v) is 5.98. The summed E-state index contributed by atoms with van der Waals surface area (Å²) in [6.07, 6.45) is 0. The molecule has 0 heterocycles. The molecule has 0 aliphatic rings. The second-order valence-corrected chi connectivity index (χ2v) is 4.58. The van der Waals surface area contributed by atoms with Crippen molar-refractivity contribution in [1.82, 2.24) is 0 Å². The summed E-state index contributed by atoms with van der Waals surface area (Å²) in [7, 11) is 0. The van der Waals surface area contributed by atoms with Crippen LogP contribution in [0.4, 0.5) is 15.8 Å². The summed E-state index contributed by atoms with van der Waals surface area (Å²) in [5, 5.41) is 3.72. The Labute approximate surface area is 111 Å². The molecule has 2 aromatic rings. The summed E-state index contributed by atoms with van der Waals surface area (Å²) in [5.74, 6) is -0.247. The lowest BCUT2D eigenvalue weighted by atomic mass is 10.1. The second-order valence-electron chi connectivity index (χ2n) is 4.17. The molecule has 0 aliphatic heterocycles. The molecule has 0 radical (unpaired) electrons. The van der Waals surface area contributed by atoms with Gasteiger partial charge in [-0.2, -0.15) is 0 Å². The van der Waals surface area contributed by atoms with Gasteiger partial charge in [-0.15, -0.1) is 0 Å². The standard InChI is InChI=1S/C14H14ClFN2/c1-9-5-13(15)10(6-14(9)16)8-18-12-4-2-3-11(17)7-12/h2-7,18H,8,17H2,1H3. The van der Waals surface area contributed by atoms with Crippen molar-refractivity contribution in [2.45, 2.75) is 13.5 Å². The van der Waals surface area contributed by atoms with Gasteiger partial charge in [-0.25, -0.2) is 4.39 Å². The minimum absolute atomic E-state index is 0.247. The number of aryl methyl sites for hydroxylation is 1. The molecular weight excluding hydrogens is 251 g/mol. The van der Waals surface area contributed by atoms with Crippen LogP contribution in [0.1, 0.15) is 11.1 Å². The minimum atomic E-state index is -0.247. The first-order chi connectivity index (χ1) is 8.56. The molecule has 3 N–H and O–H groups in total. The SMILES string of the molecule is Cc1cc(Cl)c(CNc2cccc(N)c2)cc1F. The van der Waals surface area contributed by atoms with Crippen LogP contribution in [0.15, 0.2) is 36.4 Å². The number of benzene rings is 2.